The molecule has 2 aliphatic rings. The topological polar surface area (TPSA) is 61.8 Å². The smallest absolute Gasteiger partial charge is 0.191 e. The number of hydrogen-bond donors (Lipinski definition) is 2. The summed E-state index contributed by atoms with van der Waals surface area (Å²) < 4.78 is 5.69. The number of ether oxygens (including phenoxy) is 1. The van der Waals surface area contributed by atoms with Gasteiger partial charge in [-0.15, -0.1) is 24.0 Å². The number of aromatic nitrogens is 1. The molecule has 0 spiro atoms. The fourth-order valence-corrected chi connectivity index (χ4v) is 3.42. The van der Waals surface area contributed by atoms with Gasteiger partial charge in [0.25, 0.3) is 0 Å². The minimum atomic E-state index is 0. The van der Waals surface area contributed by atoms with E-state index in [0.29, 0.717) is 6.54 Å². The molecule has 0 bridgehead atoms. The number of nitrogens with zero attached hydrogens (tertiary/aromatic N) is 3. The maximum atomic E-state index is 5.69. The molecule has 2 fully saturated rings. The maximum absolute atomic E-state index is 5.69. The zero-order valence-electron chi connectivity index (χ0n) is 17.9. The first-order valence-corrected chi connectivity index (χ1v) is 11.1. The quantitative estimate of drug-likeness (QED) is 0.214. The summed E-state index contributed by atoms with van der Waals surface area (Å²) in [6.07, 6.45) is 10.9. The van der Waals surface area contributed by atoms with Gasteiger partial charge in [-0.05, 0) is 56.6 Å². The molecule has 1 aliphatic heterocycles. The Hall–Kier alpha value is -1.09. The Labute approximate surface area is 193 Å². The number of nitrogens with one attached hydrogen (secondary N) is 2. The van der Waals surface area contributed by atoms with Gasteiger partial charge in [-0.3, -0.25) is 0 Å². The maximum Gasteiger partial charge on any atom is 0.191 e. The van der Waals surface area contributed by atoms with E-state index in [4.69, 9.17) is 9.73 Å². The van der Waals surface area contributed by atoms with Crippen LogP contribution in [0.15, 0.2) is 23.3 Å². The van der Waals surface area contributed by atoms with E-state index >= 15 is 0 Å². The summed E-state index contributed by atoms with van der Waals surface area (Å²) in [4.78, 5) is 11.8. The monoisotopic (exact) mass is 515 g/mol. The van der Waals surface area contributed by atoms with E-state index in [1.165, 1.54) is 38.5 Å². The summed E-state index contributed by atoms with van der Waals surface area (Å²) in [5, 5.41) is 6.71. The molecule has 3 rings (SSSR count). The van der Waals surface area contributed by atoms with Crippen LogP contribution < -0.4 is 15.5 Å². The van der Waals surface area contributed by atoms with Crippen molar-refractivity contribution < 1.29 is 4.74 Å². The van der Waals surface area contributed by atoms with Crippen molar-refractivity contribution in [3.8, 4) is 0 Å². The van der Waals surface area contributed by atoms with Crippen molar-refractivity contribution in [3.05, 3.63) is 23.9 Å². The number of pyridine rings is 1. The normalized spacial score (nSPS) is 17.4. The molecule has 0 aromatic carbocycles. The van der Waals surface area contributed by atoms with Gasteiger partial charge in [0.1, 0.15) is 5.82 Å². The first kappa shape index (κ1) is 24.2. The van der Waals surface area contributed by atoms with Gasteiger partial charge in [-0.1, -0.05) is 18.9 Å². The van der Waals surface area contributed by atoms with Gasteiger partial charge in [-0.2, -0.15) is 0 Å². The molecule has 7 heteroatoms. The number of rotatable bonds is 10. The lowest BCUT2D eigenvalue weighted by Crippen LogP contribution is -2.38. The Bertz CT molecular complexity index is 583. The second-order valence-corrected chi connectivity index (χ2v) is 7.92. The molecular formula is C22H38IN5O. The number of hydrogen-bond acceptors (Lipinski definition) is 4. The summed E-state index contributed by atoms with van der Waals surface area (Å²) in [5.74, 6) is 2.80. The highest BCUT2D eigenvalue weighted by Gasteiger charge is 2.20. The first-order valence-electron chi connectivity index (χ1n) is 11.1. The fraction of sp³-hybridized carbons (Fsp3) is 0.727. The van der Waals surface area contributed by atoms with Crippen LogP contribution in [0.4, 0.5) is 5.82 Å². The summed E-state index contributed by atoms with van der Waals surface area (Å²) >= 11 is 0. The fourth-order valence-electron chi connectivity index (χ4n) is 3.42. The van der Waals surface area contributed by atoms with Crippen LogP contribution in [-0.2, 0) is 11.3 Å². The van der Waals surface area contributed by atoms with Crippen molar-refractivity contribution >= 4 is 35.8 Å². The standard InChI is InChI=1S/C22H37N5O.HI/c1-2-23-22(24-12-7-15-28-18-19-8-9-19)26-17-20-10-11-21(25-16-20)27-13-5-3-4-6-14-27;/h10-11,16,19H,2-9,12-15,17-18H2,1H3,(H2,23,24,26);1H. The van der Waals surface area contributed by atoms with Crippen LogP contribution in [0.2, 0.25) is 0 Å². The third-order valence-electron chi connectivity index (χ3n) is 5.31. The highest BCUT2D eigenvalue weighted by atomic mass is 127. The highest BCUT2D eigenvalue weighted by molar-refractivity contribution is 14.0. The Morgan fingerprint density at radius 3 is 2.62 bits per heavy atom. The lowest BCUT2D eigenvalue weighted by molar-refractivity contribution is 0.123. The van der Waals surface area contributed by atoms with Gasteiger partial charge >= 0.3 is 0 Å². The number of halogens is 1. The van der Waals surface area contributed by atoms with Crippen molar-refractivity contribution in [1.29, 1.82) is 0 Å². The molecule has 1 aromatic heterocycles. The lowest BCUT2D eigenvalue weighted by atomic mass is 10.2. The SMILES string of the molecule is CCNC(=NCc1ccc(N2CCCCCC2)nc1)NCCCOCC1CC1.I. The molecule has 2 heterocycles. The van der Waals surface area contributed by atoms with E-state index in [-0.39, 0.29) is 24.0 Å². The van der Waals surface area contributed by atoms with E-state index in [2.05, 4.69) is 39.6 Å². The van der Waals surface area contributed by atoms with Crippen LogP contribution in [0, 0.1) is 5.92 Å². The van der Waals surface area contributed by atoms with Gasteiger partial charge < -0.3 is 20.3 Å². The van der Waals surface area contributed by atoms with Gasteiger partial charge in [0, 0.05) is 45.6 Å². The molecule has 29 heavy (non-hydrogen) atoms. The van der Waals surface area contributed by atoms with Crippen LogP contribution >= 0.6 is 24.0 Å². The van der Waals surface area contributed by atoms with E-state index in [1.54, 1.807) is 0 Å². The Balaban J connectivity index is 0.00000300. The molecule has 1 saturated heterocycles. The molecule has 2 N–H and O–H groups in total. The molecule has 1 aromatic rings. The largest absolute Gasteiger partial charge is 0.381 e. The molecular weight excluding hydrogens is 477 g/mol. The van der Waals surface area contributed by atoms with Gasteiger partial charge in [-0.25, -0.2) is 9.98 Å². The minimum absolute atomic E-state index is 0. The Morgan fingerprint density at radius 1 is 1.17 bits per heavy atom. The third-order valence-corrected chi connectivity index (χ3v) is 5.31. The average molecular weight is 515 g/mol. The second kappa shape index (κ2) is 14.0. The van der Waals surface area contributed by atoms with E-state index in [0.717, 1.165) is 69.1 Å². The van der Waals surface area contributed by atoms with Gasteiger partial charge in [0.2, 0.25) is 0 Å². The van der Waals surface area contributed by atoms with Crippen molar-refractivity contribution in [3.63, 3.8) is 0 Å². The van der Waals surface area contributed by atoms with Gasteiger partial charge in [0.05, 0.1) is 6.54 Å². The summed E-state index contributed by atoms with van der Waals surface area (Å²) in [6.45, 7) is 8.49. The molecule has 1 saturated carbocycles. The molecule has 0 unspecified atom stereocenters. The predicted molar refractivity (Wildman–Crippen MR) is 131 cm³/mol. The summed E-state index contributed by atoms with van der Waals surface area (Å²) in [5.41, 5.74) is 1.14. The van der Waals surface area contributed by atoms with E-state index < -0.39 is 0 Å². The van der Waals surface area contributed by atoms with Crippen LogP contribution in [0.1, 0.15) is 57.4 Å². The first-order chi connectivity index (χ1) is 13.8. The van der Waals surface area contributed by atoms with Crippen molar-refractivity contribution in [2.24, 2.45) is 10.9 Å². The molecule has 0 atom stereocenters. The number of aliphatic imine (C=N–C) groups is 1. The predicted octanol–water partition coefficient (Wildman–Crippen LogP) is 3.95. The van der Waals surface area contributed by atoms with Gasteiger partial charge in [0.15, 0.2) is 5.96 Å². The van der Waals surface area contributed by atoms with Crippen molar-refractivity contribution in [1.82, 2.24) is 15.6 Å². The number of guanidine groups is 1. The van der Waals surface area contributed by atoms with Crippen molar-refractivity contribution in [2.45, 2.75) is 58.4 Å². The van der Waals surface area contributed by atoms with Crippen LogP contribution in [-0.4, -0.2) is 50.3 Å². The average Bonchev–Trinajstić information content (AvgIpc) is 3.56. The molecule has 1 aliphatic carbocycles. The highest BCUT2D eigenvalue weighted by Crippen LogP contribution is 2.28. The third kappa shape index (κ3) is 9.51. The zero-order chi connectivity index (χ0) is 19.4. The van der Waals surface area contributed by atoms with Crippen LogP contribution in [0.5, 0.6) is 0 Å². The summed E-state index contributed by atoms with van der Waals surface area (Å²) in [6, 6.07) is 4.31. The van der Waals surface area contributed by atoms with Crippen molar-refractivity contribution in [2.75, 3.05) is 44.3 Å². The number of anilines is 1. The van der Waals surface area contributed by atoms with Crippen LogP contribution in [0.25, 0.3) is 0 Å². The lowest BCUT2D eigenvalue weighted by Gasteiger charge is -2.21. The Morgan fingerprint density at radius 2 is 1.97 bits per heavy atom. The molecule has 6 nitrogen and oxygen atoms in total. The second-order valence-electron chi connectivity index (χ2n) is 7.92. The zero-order valence-corrected chi connectivity index (χ0v) is 20.2. The summed E-state index contributed by atoms with van der Waals surface area (Å²) in [7, 11) is 0. The Kier molecular flexibility index (Phi) is 11.7. The molecule has 0 amide bonds. The molecule has 164 valence electrons. The van der Waals surface area contributed by atoms with E-state index in [1.807, 2.05) is 6.20 Å². The molecule has 0 radical (unpaired) electrons. The minimum Gasteiger partial charge on any atom is -0.381 e. The van der Waals surface area contributed by atoms with E-state index in [9.17, 15) is 0 Å². The van der Waals surface area contributed by atoms with Crippen LogP contribution in [0.3, 0.4) is 0 Å².